The molecule has 7 heteroatoms. The minimum absolute atomic E-state index is 0.0556. The van der Waals surface area contributed by atoms with E-state index in [0.29, 0.717) is 25.6 Å². The first-order chi connectivity index (χ1) is 10.1. The maximum Gasteiger partial charge on any atom is 0.279 e. The second-order valence-corrected chi connectivity index (χ2v) is 8.27. The Morgan fingerprint density at radius 2 is 1.81 bits per heavy atom. The molecule has 0 amide bonds. The van der Waals surface area contributed by atoms with Gasteiger partial charge >= 0.3 is 0 Å². The molecular formula is C14H27N3O3S. The van der Waals surface area contributed by atoms with Crippen LogP contribution in [0.3, 0.4) is 0 Å². The van der Waals surface area contributed by atoms with Crippen molar-refractivity contribution >= 4 is 10.2 Å². The Bertz CT molecular complexity index is 425. The zero-order chi connectivity index (χ0) is 14.7. The molecule has 2 saturated heterocycles. The highest BCUT2D eigenvalue weighted by molar-refractivity contribution is 7.87. The van der Waals surface area contributed by atoms with E-state index >= 15 is 0 Å². The molecule has 2 N–H and O–H groups in total. The van der Waals surface area contributed by atoms with E-state index in [2.05, 4.69) is 10.0 Å². The van der Waals surface area contributed by atoms with E-state index < -0.39 is 10.2 Å². The van der Waals surface area contributed by atoms with Gasteiger partial charge in [0, 0.05) is 32.3 Å². The fourth-order valence-corrected chi connectivity index (χ4v) is 4.34. The van der Waals surface area contributed by atoms with Crippen LogP contribution in [0.2, 0.25) is 0 Å². The zero-order valence-corrected chi connectivity index (χ0v) is 13.4. The normalized spacial score (nSPS) is 29.0. The van der Waals surface area contributed by atoms with E-state index in [1.54, 1.807) is 4.31 Å². The summed E-state index contributed by atoms with van der Waals surface area (Å²) in [6.07, 6.45) is 6.57. The van der Waals surface area contributed by atoms with Gasteiger partial charge in [-0.1, -0.05) is 0 Å². The summed E-state index contributed by atoms with van der Waals surface area (Å²) in [6.45, 7) is 3.48. The highest BCUT2D eigenvalue weighted by Crippen LogP contribution is 2.22. The number of rotatable bonds is 7. The van der Waals surface area contributed by atoms with E-state index in [1.807, 2.05) is 0 Å². The quantitative estimate of drug-likeness (QED) is 0.716. The Labute approximate surface area is 127 Å². The van der Waals surface area contributed by atoms with Crippen molar-refractivity contribution in [3.8, 4) is 0 Å². The smallest absolute Gasteiger partial charge is 0.279 e. The molecular weight excluding hydrogens is 290 g/mol. The van der Waals surface area contributed by atoms with Crippen LogP contribution in [0, 0.1) is 5.92 Å². The van der Waals surface area contributed by atoms with Crippen LogP contribution < -0.4 is 10.0 Å². The number of hydrogen-bond acceptors (Lipinski definition) is 4. The molecule has 21 heavy (non-hydrogen) atoms. The topological polar surface area (TPSA) is 70.7 Å². The molecule has 1 aliphatic carbocycles. The lowest BCUT2D eigenvalue weighted by atomic mass is 9.98. The number of piperidine rings is 1. The van der Waals surface area contributed by atoms with Crippen LogP contribution in [0.1, 0.15) is 38.5 Å². The van der Waals surface area contributed by atoms with Crippen molar-refractivity contribution in [1.29, 1.82) is 0 Å². The van der Waals surface area contributed by atoms with E-state index in [0.717, 1.165) is 44.9 Å². The summed E-state index contributed by atoms with van der Waals surface area (Å²) in [5.41, 5.74) is 0. The van der Waals surface area contributed by atoms with Crippen LogP contribution in [-0.2, 0) is 14.9 Å². The second kappa shape index (κ2) is 6.91. The van der Waals surface area contributed by atoms with Crippen LogP contribution in [0.4, 0.5) is 0 Å². The highest BCUT2D eigenvalue weighted by Gasteiger charge is 2.30. The lowest BCUT2D eigenvalue weighted by Gasteiger charge is -2.31. The summed E-state index contributed by atoms with van der Waals surface area (Å²) >= 11 is 0. The predicted molar refractivity (Wildman–Crippen MR) is 81.2 cm³/mol. The third-order valence-electron chi connectivity index (χ3n) is 4.70. The summed E-state index contributed by atoms with van der Waals surface area (Å²) in [6, 6.07) is 0.736. The Morgan fingerprint density at radius 1 is 1.05 bits per heavy atom. The average molecular weight is 317 g/mol. The van der Waals surface area contributed by atoms with Crippen molar-refractivity contribution in [2.45, 2.75) is 50.7 Å². The zero-order valence-electron chi connectivity index (χ0n) is 12.6. The maximum absolute atomic E-state index is 12.3. The van der Waals surface area contributed by atoms with E-state index in [1.165, 1.54) is 12.8 Å². The van der Waals surface area contributed by atoms with E-state index in [4.69, 9.17) is 4.74 Å². The predicted octanol–water partition coefficient (Wildman–Crippen LogP) is 0.464. The van der Waals surface area contributed by atoms with Crippen LogP contribution in [-0.4, -0.2) is 57.7 Å². The van der Waals surface area contributed by atoms with Crippen LogP contribution in [0.5, 0.6) is 0 Å². The molecule has 3 fully saturated rings. The van der Waals surface area contributed by atoms with Crippen molar-refractivity contribution < 1.29 is 13.2 Å². The highest BCUT2D eigenvalue weighted by atomic mass is 32.2. The SMILES string of the molecule is O=S(=O)(NCC1CCCO1)N1CCC(CNC2CC2)CC1. The standard InChI is InChI=1S/C14H27N3O3S/c18-21(19,16-11-14-2-1-9-20-14)17-7-5-12(6-8-17)10-15-13-3-4-13/h12-16H,1-11H2. The van der Waals surface area contributed by atoms with Gasteiger partial charge in [-0.3, -0.25) is 0 Å². The maximum atomic E-state index is 12.3. The minimum Gasteiger partial charge on any atom is -0.377 e. The molecule has 0 radical (unpaired) electrons. The Kier molecular flexibility index (Phi) is 5.16. The summed E-state index contributed by atoms with van der Waals surface area (Å²) < 4.78 is 34.3. The van der Waals surface area contributed by atoms with Gasteiger partial charge in [0.15, 0.2) is 0 Å². The summed E-state index contributed by atoms with van der Waals surface area (Å²) in [5, 5.41) is 3.54. The molecule has 122 valence electrons. The Hall–Kier alpha value is -0.210. The summed E-state index contributed by atoms with van der Waals surface area (Å²) in [4.78, 5) is 0. The van der Waals surface area contributed by atoms with Crippen LogP contribution in [0.25, 0.3) is 0 Å². The van der Waals surface area contributed by atoms with E-state index in [9.17, 15) is 8.42 Å². The van der Waals surface area contributed by atoms with Gasteiger partial charge in [-0.25, -0.2) is 0 Å². The first-order valence-corrected chi connectivity index (χ1v) is 9.67. The Balaban J connectivity index is 1.39. The molecule has 0 aromatic rings. The fourth-order valence-electron chi connectivity index (χ4n) is 3.07. The molecule has 0 aromatic carbocycles. The van der Waals surface area contributed by atoms with Crippen molar-refractivity contribution in [2.24, 2.45) is 5.92 Å². The second-order valence-electron chi connectivity index (χ2n) is 6.51. The lowest BCUT2D eigenvalue weighted by molar-refractivity contribution is 0.114. The molecule has 2 heterocycles. The molecule has 0 bridgehead atoms. The van der Waals surface area contributed by atoms with Crippen LogP contribution in [0.15, 0.2) is 0 Å². The number of ether oxygens (including phenoxy) is 1. The number of hydrogen-bond donors (Lipinski definition) is 2. The number of nitrogens with one attached hydrogen (secondary N) is 2. The van der Waals surface area contributed by atoms with Crippen molar-refractivity contribution in [3.63, 3.8) is 0 Å². The van der Waals surface area contributed by atoms with Crippen molar-refractivity contribution in [1.82, 2.24) is 14.3 Å². The van der Waals surface area contributed by atoms with Gasteiger partial charge in [0.2, 0.25) is 0 Å². The number of nitrogens with zero attached hydrogens (tertiary/aromatic N) is 1. The molecule has 1 unspecified atom stereocenters. The van der Waals surface area contributed by atoms with Gasteiger partial charge in [-0.15, -0.1) is 0 Å². The molecule has 1 saturated carbocycles. The van der Waals surface area contributed by atoms with Gasteiger partial charge in [0.05, 0.1) is 6.10 Å². The molecule has 0 spiro atoms. The molecule has 2 aliphatic heterocycles. The first kappa shape index (κ1) is 15.7. The monoisotopic (exact) mass is 317 g/mol. The minimum atomic E-state index is -3.33. The molecule has 0 aromatic heterocycles. The van der Waals surface area contributed by atoms with Gasteiger partial charge in [0.1, 0.15) is 0 Å². The van der Waals surface area contributed by atoms with E-state index in [-0.39, 0.29) is 6.10 Å². The van der Waals surface area contributed by atoms with Crippen molar-refractivity contribution in [2.75, 3.05) is 32.8 Å². The third-order valence-corrected chi connectivity index (χ3v) is 6.28. The van der Waals surface area contributed by atoms with Gasteiger partial charge in [-0.05, 0) is 51.0 Å². The third kappa shape index (κ3) is 4.63. The molecule has 3 aliphatic rings. The fraction of sp³-hybridized carbons (Fsp3) is 1.00. The van der Waals surface area contributed by atoms with Gasteiger partial charge in [0.25, 0.3) is 10.2 Å². The van der Waals surface area contributed by atoms with Crippen LogP contribution >= 0.6 is 0 Å². The molecule has 1 atom stereocenters. The Morgan fingerprint density at radius 3 is 2.43 bits per heavy atom. The lowest BCUT2D eigenvalue weighted by Crippen LogP contribution is -2.47. The summed E-state index contributed by atoms with van der Waals surface area (Å²) in [5.74, 6) is 0.621. The summed E-state index contributed by atoms with van der Waals surface area (Å²) in [7, 11) is -3.33. The molecule has 6 nitrogen and oxygen atoms in total. The largest absolute Gasteiger partial charge is 0.377 e. The van der Waals surface area contributed by atoms with Gasteiger partial charge < -0.3 is 10.1 Å². The van der Waals surface area contributed by atoms with Crippen molar-refractivity contribution in [3.05, 3.63) is 0 Å². The van der Waals surface area contributed by atoms with Gasteiger partial charge in [-0.2, -0.15) is 17.4 Å². The first-order valence-electron chi connectivity index (χ1n) is 8.23. The average Bonchev–Trinajstić information content (AvgIpc) is 3.17. The molecule has 3 rings (SSSR count).